The third kappa shape index (κ3) is 8.94. The number of aliphatic hydroxyl groups is 1. The van der Waals surface area contributed by atoms with Crippen molar-refractivity contribution >= 4 is 40.5 Å². The molecule has 43 heavy (non-hydrogen) atoms. The summed E-state index contributed by atoms with van der Waals surface area (Å²) < 4.78 is 11.7. The van der Waals surface area contributed by atoms with Gasteiger partial charge in [0.25, 0.3) is 5.91 Å². The lowest BCUT2D eigenvalue weighted by atomic mass is 9.77. The minimum Gasteiger partial charge on any atom is -0.459 e. The summed E-state index contributed by atoms with van der Waals surface area (Å²) in [4.78, 5) is 60.8. The number of thioether (sulfide) groups is 1. The summed E-state index contributed by atoms with van der Waals surface area (Å²) >= 11 is 1.40. The van der Waals surface area contributed by atoms with Crippen molar-refractivity contribution in [1.82, 2.24) is 15.5 Å². The van der Waals surface area contributed by atoms with Gasteiger partial charge in [-0.3, -0.25) is 19.4 Å². The summed E-state index contributed by atoms with van der Waals surface area (Å²) in [6.45, 7) is 14.3. The zero-order chi connectivity index (χ0) is 32.7. The number of carbonyl (C=O) groups excluding carboxylic acids is 4. The Morgan fingerprint density at radius 2 is 1.70 bits per heavy atom. The molecule has 0 aromatic rings. The normalized spacial score (nSPS) is 31.0. The van der Waals surface area contributed by atoms with E-state index in [-0.39, 0.29) is 36.9 Å². The molecule has 2 heterocycles. The second-order valence-electron chi connectivity index (χ2n) is 13.1. The second-order valence-corrected chi connectivity index (χ2v) is 14.1. The molecule has 2 aliphatic heterocycles. The number of fused-ring (bicyclic) bond motifs is 1. The van der Waals surface area contributed by atoms with Gasteiger partial charge >= 0.3 is 5.97 Å². The molecule has 2 aliphatic rings. The Morgan fingerprint density at radius 3 is 2.28 bits per heavy atom. The summed E-state index contributed by atoms with van der Waals surface area (Å²) in [5.41, 5.74) is -2.27. The topological polar surface area (TPSA) is 147 Å². The number of carbonyl (C=O) groups is 4. The standard InChI is InChI=1S/C31H54N4O7S/c1-11-12-22(41-10)14-13-19(3)24-30(6,7)28(39)33-20(4)26-34-31(8,17-43-26)29(40)35(9)23(18(2)15-16-36)25(37)32-21(5)27(38)42-24/h18-24,36H,11-17H2,1-10H3,(H,32,37)(H,33,39)/t18-,19+,20-,21-,22-,23?,24-,31-/m0/s1. The van der Waals surface area contributed by atoms with E-state index in [0.717, 1.165) is 19.3 Å². The molecular weight excluding hydrogens is 572 g/mol. The molecule has 3 N–H and O–H groups in total. The minimum atomic E-state index is -1.14. The van der Waals surface area contributed by atoms with Crippen molar-refractivity contribution in [3.05, 3.63) is 0 Å². The molecule has 2 bridgehead atoms. The van der Waals surface area contributed by atoms with Gasteiger partial charge in [-0.25, -0.2) is 4.79 Å². The van der Waals surface area contributed by atoms with E-state index in [9.17, 15) is 24.3 Å². The van der Waals surface area contributed by atoms with Gasteiger partial charge in [-0.05, 0) is 72.1 Å². The molecule has 0 saturated heterocycles. The van der Waals surface area contributed by atoms with E-state index >= 15 is 0 Å². The van der Waals surface area contributed by atoms with Crippen LogP contribution in [0.15, 0.2) is 4.99 Å². The molecular formula is C31H54N4O7S. The molecule has 0 fully saturated rings. The van der Waals surface area contributed by atoms with Gasteiger partial charge in [-0.2, -0.15) is 0 Å². The van der Waals surface area contributed by atoms with Crippen molar-refractivity contribution in [2.75, 3.05) is 26.5 Å². The summed E-state index contributed by atoms with van der Waals surface area (Å²) in [5.74, 6) is -2.09. The fourth-order valence-corrected chi connectivity index (χ4v) is 7.16. The number of hydrogen-bond donors (Lipinski definition) is 3. The highest BCUT2D eigenvalue weighted by molar-refractivity contribution is 8.14. The lowest BCUT2D eigenvalue weighted by Gasteiger charge is -2.38. The fraction of sp³-hybridized carbons (Fsp3) is 0.839. The Morgan fingerprint density at radius 1 is 1.05 bits per heavy atom. The number of likely N-dealkylation sites (N-methyl/N-ethyl adjacent to an activating group) is 1. The molecule has 8 atom stereocenters. The second kappa shape index (κ2) is 15.7. The molecule has 0 saturated carbocycles. The van der Waals surface area contributed by atoms with Crippen LogP contribution in [0.1, 0.15) is 87.5 Å². The van der Waals surface area contributed by atoms with Crippen molar-refractivity contribution in [3.8, 4) is 0 Å². The molecule has 246 valence electrons. The highest BCUT2D eigenvalue weighted by Crippen LogP contribution is 2.35. The summed E-state index contributed by atoms with van der Waals surface area (Å²) in [5, 5.41) is 16.0. The fourth-order valence-electron chi connectivity index (χ4n) is 5.97. The first-order chi connectivity index (χ1) is 20.0. The van der Waals surface area contributed by atoms with Gasteiger partial charge in [0.2, 0.25) is 11.8 Å². The van der Waals surface area contributed by atoms with E-state index in [0.29, 0.717) is 17.2 Å². The van der Waals surface area contributed by atoms with Crippen LogP contribution < -0.4 is 10.6 Å². The van der Waals surface area contributed by atoms with Gasteiger partial charge in [0.15, 0.2) is 0 Å². The molecule has 1 unspecified atom stereocenters. The number of aliphatic hydroxyl groups excluding tert-OH is 1. The van der Waals surface area contributed by atoms with Gasteiger partial charge in [0.05, 0.1) is 22.6 Å². The number of esters is 1. The smallest absolute Gasteiger partial charge is 0.328 e. The van der Waals surface area contributed by atoms with Gasteiger partial charge in [0, 0.05) is 26.5 Å². The number of cyclic esters (lactones) is 1. The first-order valence-corrected chi connectivity index (χ1v) is 16.5. The molecule has 0 aliphatic carbocycles. The Bertz CT molecular complexity index is 1040. The molecule has 0 spiro atoms. The van der Waals surface area contributed by atoms with E-state index in [2.05, 4.69) is 17.6 Å². The van der Waals surface area contributed by atoms with Gasteiger partial charge in [-0.15, -0.1) is 11.8 Å². The molecule has 3 amide bonds. The molecule has 0 aromatic heterocycles. The molecule has 0 aromatic carbocycles. The van der Waals surface area contributed by atoms with Crippen molar-refractivity contribution in [2.24, 2.45) is 22.2 Å². The number of aliphatic imine (C=N–C) groups is 1. The van der Waals surface area contributed by atoms with E-state index in [1.807, 2.05) is 13.8 Å². The predicted octanol–water partition coefficient (Wildman–Crippen LogP) is 2.93. The highest BCUT2D eigenvalue weighted by Gasteiger charge is 2.47. The Labute approximate surface area is 261 Å². The van der Waals surface area contributed by atoms with Crippen LogP contribution in [0.4, 0.5) is 0 Å². The monoisotopic (exact) mass is 626 g/mol. The SMILES string of the molecule is CCC[C@@H](CC[C@@H](C)[C@@H]1OC(=O)[C@H](C)NC(=O)C([C@@H](C)CCO)N(C)C(=O)[C@]2(C)CSC(=N2)[C@H](C)NC(=O)C1(C)C)OC. The maximum absolute atomic E-state index is 13.8. The number of hydrogen-bond acceptors (Lipinski definition) is 9. The zero-order valence-corrected chi connectivity index (χ0v) is 28.5. The van der Waals surface area contributed by atoms with Gasteiger partial charge < -0.3 is 30.1 Å². The number of amides is 3. The number of methoxy groups -OCH3 is 1. The Hall–Kier alpha value is -2.18. The average Bonchev–Trinajstić information content (AvgIpc) is 3.35. The quantitative estimate of drug-likeness (QED) is 0.314. The molecule has 2 rings (SSSR count). The zero-order valence-electron chi connectivity index (χ0n) is 27.7. The van der Waals surface area contributed by atoms with Crippen LogP contribution in [0, 0.1) is 17.3 Å². The third-order valence-corrected chi connectivity index (χ3v) is 10.3. The largest absolute Gasteiger partial charge is 0.459 e. The minimum absolute atomic E-state index is 0.0637. The van der Waals surface area contributed by atoms with Crippen LogP contribution in [-0.2, 0) is 28.7 Å². The maximum atomic E-state index is 13.8. The van der Waals surface area contributed by atoms with Crippen LogP contribution >= 0.6 is 11.8 Å². The van der Waals surface area contributed by atoms with Crippen LogP contribution in [0.3, 0.4) is 0 Å². The first kappa shape index (κ1) is 37.0. The van der Waals surface area contributed by atoms with E-state index < -0.39 is 53.0 Å². The van der Waals surface area contributed by atoms with Crippen molar-refractivity contribution in [2.45, 2.75) is 123 Å². The molecule has 0 radical (unpaired) electrons. The maximum Gasteiger partial charge on any atom is 0.328 e. The summed E-state index contributed by atoms with van der Waals surface area (Å²) in [7, 11) is 3.24. The lowest BCUT2D eigenvalue weighted by Crippen LogP contribution is -2.58. The number of nitrogens with one attached hydrogen (secondary N) is 2. The third-order valence-electron chi connectivity index (χ3n) is 8.82. The van der Waals surface area contributed by atoms with Crippen LogP contribution in [0.2, 0.25) is 0 Å². The van der Waals surface area contributed by atoms with Gasteiger partial charge in [-0.1, -0.05) is 27.2 Å². The first-order valence-electron chi connectivity index (χ1n) is 15.5. The van der Waals surface area contributed by atoms with Crippen molar-refractivity contribution in [3.63, 3.8) is 0 Å². The molecule has 11 nitrogen and oxygen atoms in total. The lowest BCUT2D eigenvalue weighted by molar-refractivity contribution is -0.167. The average molecular weight is 627 g/mol. The van der Waals surface area contributed by atoms with E-state index in [4.69, 9.17) is 14.5 Å². The van der Waals surface area contributed by atoms with Crippen LogP contribution in [-0.4, -0.2) is 101 Å². The predicted molar refractivity (Wildman–Crippen MR) is 169 cm³/mol. The van der Waals surface area contributed by atoms with Crippen LogP contribution in [0.5, 0.6) is 0 Å². The van der Waals surface area contributed by atoms with Crippen molar-refractivity contribution < 1.29 is 33.8 Å². The number of rotatable bonds is 10. The van der Waals surface area contributed by atoms with E-state index in [1.165, 1.54) is 23.6 Å². The number of ether oxygens (including phenoxy) is 2. The van der Waals surface area contributed by atoms with Crippen LogP contribution in [0.25, 0.3) is 0 Å². The number of nitrogens with zero attached hydrogens (tertiary/aromatic N) is 2. The highest BCUT2D eigenvalue weighted by atomic mass is 32.2. The summed E-state index contributed by atoms with van der Waals surface area (Å²) in [6.07, 6.45) is 2.85. The Kier molecular flexibility index (Phi) is 13.5. The van der Waals surface area contributed by atoms with Gasteiger partial charge in [0.1, 0.15) is 23.7 Å². The molecule has 12 heteroatoms. The Balaban J connectivity index is 2.54. The van der Waals surface area contributed by atoms with E-state index in [1.54, 1.807) is 41.9 Å². The summed E-state index contributed by atoms with van der Waals surface area (Å²) in [6, 6.07) is -2.48. The van der Waals surface area contributed by atoms with Crippen molar-refractivity contribution in [1.29, 1.82) is 0 Å².